The van der Waals surface area contributed by atoms with Crippen molar-refractivity contribution in [3.05, 3.63) is 36.5 Å². The summed E-state index contributed by atoms with van der Waals surface area (Å²) >= 11 is 0. The molecule has 1 heterocycles. The third-order valence-electron chi connectivity index (χ3n) is 2.32. The molecule has 1 aromatic heterocycles. The Hall–Kier alpha value is -1.94. The zero-order valence-electron chi connectivity index (χ0n) is 8.97. The van der Waals surface area contributed by atoms with Crippen molar-refractivity contribution in [3.63, 3.8) is 0 Å². The topological polar surface area (TPSA) is 68.0 Å². The van der Waals surface area contributed by atoms with E-state index in [9.17, 15) is 4.79 Å². The zero-order valence-corrected chi connectivity index (χ0v) is 8.97. The summed E-state index contributed by atoms with van der Waals surface area (Å²) in [5.41, 5.74) is 7.10. The van der Waals surface area contributed by atoms with Gasteiger partial charge in [0.1, 0.15) is 0 Å². The van der Waals surface area contributed by atoms with E-state index in [0.29, 0.717) is 0 Å². The Morgan fingerprint density at radius 3 is 2.94 bits per heavy atom. The van der Waals surface area contributed by atoms with E-state index in [1.54, 1.807) is 13.1 Å². The van der Waals surface area contributed by atoms with Gasteiger partial charge in [0.2, 0.25) is 5.91 Å². The number of hydrogen-bond donors (Lipinski definition) is 2. The molecule has 0 radical (unpaired) electrons. The second-order valence-corrected chi connectivity index (χ2v) is 3.65. The summed E-state index contributed by atoms with van der Waals surface area (Å²) in [7, 11) is 0. The van der Waals surface area contributed by atoms with Crippen LogP contribution >= 0.6 is 0 Å². The Kier molecular flexibility index (Phi) is 2.83. The van der Waals surface area contributed by atoms with Gasteiger partial charge in [0.25, 0.3) is 0 Å². The summed E-state index contributed by atoms with van der Waals surface area (Å²) in [6, 6.07) is 8.82. The number of fused-ring (bicyclic) bond motifs is 1. The number of benzene rings is 1. The van der Waals surface area contributed by atoms with Crippen molar-refractivity contribution < 1.29 is 4.79 Å². The lowest BCUT2D eigenvalue weighted by atomic mass is 10.1. The van der Waals surface area contributed by atoms with E-state index in [4.69, 9.17) is 5.73 Å². The predicted molar refractivity (Wildman–Crippen MR) is 64.0 cm³/mol. The first kappa shape index (κ1) is 10.6. The summed E-state index contributed by atoms with van der Waals surface area (Å²) in [6.07, 6.45) is 1.72. The molecule has 4 heteroatoms. The Morgan fingerprint density at radius 2 is 2.19 bits per heavy atom. The summed E-state index contributed by atoms with van der Waals surface area (Å²) < 4.78 is 0. The first-order valence-corrected chi connectivity index (χ1v) is 5.08. The van der Waals surface area contributed by atoms with Crippen molar-refractivity contribution >= 4 is 22.5 Å². The first-order valence-electron chi connectivity index (χ1n) is 5.08. The minimum atomic E-state index is -0.521. The molecular weight excluding hydrogens is 202 g/mol. The molecule has 1 aromatic carbocycles. The highest BCUT2D eigenvalue weighted by molar-refractivity contribution is 6.02. The van der Waals surface area contributed by atoms with Crippen LogP contribution in [0.3, 0.4) is 0 Å². The number of pyridine rings is 1. The third-order valence-corrected chi connectivity index (χ3v) is 2.32. The molecule has 0 aliphatic carbocycles. The maximum atomic E-state index is 11.5. The summed E-state index contributed by atoms with van der Waals surface area (Å²) in [4.78, 5) is 15.7. The fraction of sp³-hybridized carbons (Fsp3) is 0.167. The second-order valence-electron chi connectivity index (χ2n) is 3.65. The lowest BCUT2D eigenvalue weighted by Gasteiger charge is -2.09. The molecule has 0 saturated heterocycles. The molecule has 0 bridgehead atoms. The normalized spacial score (nSPS) is 12.4. The minimum Gasteiger partial charge on any atom is -0.324 e. The quantitative estimate of drug-likeness (QED) is 0.798. The van der Waals surface area contributed by atoms with Gasteiger partial charge in [-0.2, -0.15) is 0 Å². The van der Waals surface area contributed by atoms with Crippen LogP contribution in [0.25, 0.3) is 10.9 Å². The Balaban J connectivity index is 2.41. The monoisotopic (exact) mass is 215 g/mol. The number of hydrogen-bond acceptors (Lipinski definition) is 3. The van der Waals surface area contributed by atoms with Gasteiger partial charge >= 0.3 is 0 Å². The molecule has 1 atom stereocenters. The van der Waals surface area contributed by atoms with Gasteiger partial charge < -0.3 is 11.1 Å². The number of carbonyl (C=O) groups is 1. The van der Waals surface area contributed by atoms with Gasteiger partial charge in [-0.1, -0.05) is 6.07 Å². The van der Waals surface area contributed by atoms with Crippen LogP contribution < -0.4 is 11.1 Å². The number of aromatic nitrogens is 1. The van der Waals surface area contributed by atoms with Gasteiger partial charge in [-0.25, -0.2) is 0 Å². The van der Waals surface area contributed by atoms with E-state index in [1.165, 1.54) is 0 Å². The minimum absolute atomic E-state index is 0.198. The van der Waals surface area contributed by atoms with E-state index in [0.717, 1.165) is 16.6 Å². The van der Waals surface area contributed by atoms with Crippen molar-refractivity contribution in [2.75, 3.05) is 5.32 Å². The molecule has 0 fully saturated rings. The van der Waals surface area contributed by atoms with Crippen LogP contribution in [0.5, 0.6) is 0 Å². The average Bonchev–Trinajstić information content (AvgIpc) is 2.29. The molecule has 16 heavy (non-hydrogen) atoms. The molecular formula is C12H13N3O. The number of nitrogens with one attached hydrogen (secondary N) is 1. The van der Waals surface area contributed by atoms with Gasteiger partial charge in [0, 0.05) is 11.6 Å². The van der Waals surface area contributed by atoms with Crippen molar-refractivity contribution in [2.24, 2.45) is 5.73 Å². The molecule has 0 spiro atoms. The molecule has 0 aliphatic heterocycles. The van der Waals surface area contributed by atoms with Crippen molar-refractivity contribution in [1.82, 2.24) is 4.98 Å². The lowest BCUT2D eigenvalue weighted by molar-refractivity contribution is -0.117. The van der Waals surface area contributed by atoms with Crippen LogP contribution in [0.15, 0.2) is 36.5 Å². The van der Waals surface area contributed by atoms with Gasteiger partial charge in [-0.05, 0) is 31.2 Å². The van der Waals surface area contributed by atoms with E-state index >= 15 is 0 Å². The maximum Gasteiger partial charge on any atom is 0.241 e. The Bertz CT molecular complexity index is 517. The van der Waals surface area contributed by atoms with Crippen LogP contribution in [0.4, 0.5) is 5.69 Å². The van der Waals surface area contributed by atoms with Crippen LogP contribution in [0.2, 0.25) is 0 Å². The van der Waals surface area contributed by atoms with Gasteiger partial charge in [0.05, 0.1) is 17.2 Å². The SMILES string of the molecule is C[C@@H](N)C(=O)Nc1cccc2ncccc12. The molecule has 3 N–H and O–H groups in total. The number of amides is 1. The van der Waals surface area contributed by atoms with Crippen LogP contribution in [-0.2, 0) is 4.79 Å². The third kappa shape index (κ3) is 2.01. The van der Waals surface area contributed by atoms with Gasteiger partial charge in [0.15, 0.2) is 0 Å². The van der Waals surface area contributed by atoms with E-state index in [1.807, 2.05) is 30.3 Å². The summed E-state index contributed by atoms with van der Waals surface area (Å²) in [5.74, 6) is -0.198. The van der Waals surface area contributed by atoms with Gasteiger partial charge in [-0.15, -0.1) is 0 Å². The highest BCUT2D eigenvalue weighted by Crippen LogP contribution is 2.21. The predicted octanol–water partition coefficient (Wildman–Crippen LogP) is 1.52. The first-order chi connectivity index (χ1) is 7.68. The van der Waals surface area contributed by atoms with Crippen molar-refractivity contribution in [1.29, 1.82) is 0 Å². The van der Waals surface area contributed by atoms with Crippen LogP contribution in [-0.4, -0.2) is 16.9 Å². The van der Waals surface area contributed by atoms with Crippen molar-refractivity contribution in [3.8, 4) is 0 Å². The van der Waals surface area contributed by atoms with Gasteiger partial charge in [-0.3, -0.25) is 9.78 Å². The Labute approximate surface area is 93.5 Å². The average molecular weight is 215 g/mol. The van der Waals surface area contributed by atoms with Crippen LogP contribution in [0.1, 0.15) is 6.92 Å². The van der Waals surface area contributed by atoms with E-state index in [-0.39, 0.29) is 5.91 Å². The number of anilines is 1. The molecule has 2 rings (SSSR count). The van der Waals surface area contributed by atoms with E-state index in [2.05, 4.69) is 10.3 Å². The van der Waals surface area contributed by atoms with Crippen LogP contribution in [0, 0.1) is 0 Å². The smallest absolute Gasteiger partial charge is 0.241 e. The highest BCUT2D eigenvalue weighted by atomic mass is 16.2. The molecule has 4 nitrogen and oxygen atoms in total. The summed E-state index contributed by atoms with van der Waals surface area (Å²) in [6.45, 7) is 1.65. The molecule has 1 amide bonds. The van der Waals surface area contributed by atoms with E-state index < -0.39 is 6.04 Å². The zero-order chi connectivity index (χ0) is 11.5. The van der Waals surface area contributed by atoms with Crippen molar-refractivity contribution in [2.45, 2.75) is 13.0 Å². The maximum absolute atomic E-state index is 11.5. The Morgan fingerprint density at radius 1 is 1.38 bits per heavy atom. The fourth-order valence-electron chi connectivity index (χ4n) is 1.46. The number of nitrogens with zero attached hydrogens (tertiary/aromatic N) is 1. The number of rotatable bonds is 2. The standard InChI is InChI=1S/C12H13N3O/c1-8(13)12(16)15-11-6-2-5-10-9(11)4-3-7-14-10/h2-8H,13H2,1H3,(H,15,16)/t8-/m1/s1. The summed E-state index contributed by atoms with van der Waals surface area (Å²) in [5, 5.41) is 3.70. The molecule has 0 unspecified atom stereocenters. The fourth-order valence-corrected chi connectivity index (χ4v) is 1.46. The second kappa shape index (κ2) is 4.28. The molecule has 2 aromatic rings. The highest BCUT2D eigenvalue weighted by Gasteiger charge is 2.09. The largest absolute Gasteiger partial charge is 0.324 e. The number of carbonyl (C=O) groups excluding carboxylic acids is 1. The molecule has 0 saturated carbocycles. The number of nitrogens with two attached hydrogens (primary N) is 1. The molecule has 0 aliphatic rings. The lowest BCUT2D eigenvalue weighted by Crippen LogP contribution is -2.32. The molecule has 82 valence electrons.